The first-order chi connectivity index (χ1) is 13.1. The largest absolute Gasteiger partial charge is 0.494 e. The van der Waals surface area contributed by atoms with Gasteiger partial charge in [-0.25, -0.2) is 0 Å². The molecule has 1 heterocycles. The fourth-order valence-electron chi connectivity index (χ4n) is 2.96. The molecule has 1 aliphatic heterocycles. The van der Waals surface area contributed by atoms with Gasteiger partial charge in [0.05, 0.1) is 12.4 Å². The van der Waals surface area contributed by atoms with Gasteiger partial charge in [0, 0.05) is 42.4 Å². The molecule has 1 N–H and O–H groups in total. The van der Waals surface area contributed by atoms with Gasteiger partial charge in [0.2, 0.25) is 5.91 Å². The van der Waals surface area contributed by atoms with E-state index in [1.807, 2.05) is 43.3 Å². The zero-order valence-corrected chi connectivity index (χ0v) is 16.8. The Bertz CT molecular complexity index is 726. The third-order valence-corrected chi connectivity index (χ3v) is 5.54. The normalized spacial score (nSPS) is 14.8. The van der Waals surface area contributed by atoms with E-state index in [2.05, 4.69) is 34.3 Å². The van der Waals surface area contributed by atoms with Gasteiger partial charge < -0.3 is 19.9 Å². The van der Waals surface area contributed by atoms with E-state index in [1.54, 1.807) is 0 Å². The lowest BCUT2D eigenvalue weighted by molar-refractivity contribution is -0.113. The predicted molar refractivity (Wildman–Crippen MR) is 113 cm³/mol. The number of hydrogen-bond donors (Lipinski definition) is 1. The first-order valence-electron chi connectivity index (χ1n) is 9.33. The quantitative estimate of drug-likeness (QED) is 0.738. The van der Waals surface area contributed by atoms with Crippen LogP contribution in [0.25, 0.3) is 0 Å². The molecule has 2 aromatic rings. The fraction of sp³-hybridized carbons (Fsp3) is 0.381. The van der Waals surface area contributed by atoms with E-state index in [0.29, 0.717) is 12.4 Å². The minimum Gasteiger partial charge on any atom is -0.494 e. The number of hydrogen-bond acceptors (Lipinski definition) is 5. The molecule has 27 heavy (non-hydrogen) atoms. The Morgan fingerprint density at radius 1 is 1.04 bits per heavy atom. The molecular weight excluding hydrogens is 358 g/mol. The minimum atomic E-state index is 0.00114. The molecule has 6 heteroatoms. The minimum absolute atomic E-state index is 0.00114. The molecule has 0 radical (unpaired) electrons. The number of carbonyl (C=O) groups excluding carboxylic acids is 1. The van der Waals surface area contributed by atoms with Gasteiger partial charge >= 0.3 is 0 Å². The highest BCUT2D eigenvalue weighted by atomic mass is 32.2. The second-order valence-electron chi connectivity index (χ2n) is 6.58. The zero-order chi connectivity index (χ0) is 19.1. The molecule has 1 fully saturated rings. The molecule has 1 amide bonds. The zero-order valence-electron chi connectivity index (χ0n) is 16.0. The number of benzene rings is 2. The number of anilines is 2. The summed E-state index contributed by atoms with van der Waals surface area (Å²) in [6, 6.07) is 15.9. The third-order valence-electron chi connectivity index (χ3n) is 4.52. The van der Waals surface area contributed by atoms with E-state index in [1.165, 1.54) is 17.4 Å². The van der Waals surface area contributed by atoms with Crippen LogP contribution in [-0.2, 0) is 4.79 Å². The number of carbonyl (C=O) groups is 1. The van der Waals surface area contributed by atoms with Crippen LogP contribution in [0.1, 0.15) is 6.92 Å². The number of thioether (sulfide) groups is 1. The van der Waals surface area contributed by atoms with Crippen LogP contribution in [0.4, 0.5) is 11.4 Å². The lowest BCUT2D eigenvalue weighted by atomic mass is 10.2. The Balaban J connectivity index is 1.46. The number of nitrogens with one attached hydrogen (secondary N) is 1. The van der Waals surface area contributed by atoms with Gasteiger partial charge in [-0.3, -0.25) is 4.79 Å². The summed E-state index contributed by atoms with van der Waals surface area (Å²) in [5, 5.41) is 2.97. The van der Waals surface area contributed by atoms with Crippen molar-refractivity contribution in [1.82, 2.24) is 4.90 Å². The molecule has 0 saturated carbocycles. The average molecular weight is 386 g/mol. The molecule has 1 saturated heterocycles. The third kappa shape index (κ3) is 5.91. The number of ether oxygens (including phenoxy) is 1. The maximum Gasteiger partial charge on any atom is 0.234 e. The Morgan fingerprint density at radius 3 is 2.33 bits per heavy atom. The Labute approximate surface area is 165 Å². The molecule has 0 atom stereocenters. The van der Waals surface area contributed by atoms with Crippen LogP contribution < -0.4 is 15.0 Å². The maximum atomic E-state index is 12.2. The van der Waals surface area contributed by atoms with Crippen molar-refractivity contribution in [3.63, 3.8) is 0 Å². The van der Waals surface area contributed by atoms with Gasteiger partial charge in [-0.1, -0.05) is 0 Å². The van der Waals surface area contributed by atoms with Crippen molar-refractivity contribution in [1.29, 1.82) is 0 Å². The van der Waals surface area contributed by atoms with Crippen LogP contribution in [0.3, 0.4) is 0 Å². The van der Waals surface area contributed by atoms with Crippen molar-refractivity contribution in [2.75, 3.05) is 55.8 Å². The standard InChI is InChI=1S/C21H27N3O2S/c1-3-26-19-8-10-20(11-9-19)27-16-21(25)22-17-4-6-18(7-5-17)24-14-12-23(2)13-15-24/h4-11H,3,12-16H2,1-2H3,(H,22,25). The smallest absolute Gasteiger partial charge is 0.234 e. The van der Waals surface area contributed by atoms with E-state index in [9.17, 15) is 4.79 Å². The van der Waals surface area contributed by atoms with E-state index in [4.69, 9.17) is 4.74 Å². The van der Waals surface area contributed by atoms with E-state index < -0.39 is 0 Å². The predicted octanol–water partition coefficient (Wildman–Crippen LogP) is 3.57. The first-order valence-corrected chi connectivity index (χ1v) is 10.3. The van der Waals surface area contributed by atoms with Crippen molar-refractivity contribution in [3.8, 4) is 5.75 Å². The molecule has 0 unspecified atom stereocenters. The summed E-state index contributed by atoms with van der Waals surface area (Å²) >= 11 is 1.52. The summed E-state index contributed by atoms with van der Waals surface area (Å²) in [7, 11) is 2.15. The number of rotatable bonds is 7. The van der Waals surface area contributed by atoms with Crippen molar-refractivity contribution >= 4 is 29.0 Å². The second kappa shape index (κ2) is 9.67. The van der Waals surface area contributed by atoms with Gasteiger partial charge in [0.1, 0.15) is 5.75 Å². The highest BCUT2D eigenvalue weighted by Gasteiger charge is 2.14. The van der Waals surface area contributed by atoms with Gasteiger partial charge in [-0.05, 0) is 62.5 Å². The maximum absolute atomic E-state index is 12.2. The summed E-state index contributed by atoms with van der Waals surface area (Å²) < 4.78 is 5.43. The molecule has 5 nitrogen and oxygen atoms in total. The highest BCUT2D eigenvalue weighted by molar-refractivity contribution is 8.00. The van der Waals surface area contributed by atoms with Gasteiger partial charge in [-0.2, -0.15) is 0 Å². The summed E-state index contributed by atoms with van der Waals surface area (Å²) in [5.41, 5.74) is 2.05. The number of amides is 1. The van der Waals surface area contributed by atoms with E-state index in [-0.39, 0.29) is 5.91 Å². The van der Waals surface area contributed by atoms with Crippen LogP contribution >= 0.6 is 11.8 Å². The van der Waals surface area contributed by atoms with Crippen molar-refractivity contribution in [2.45, 2.75) is 11.8 Å². The van der Waals surface area contributed by atoms with Crippen LogP contribution in [-0.4, -0.2) is 56.4 Å². The Morgan fingerprint density at radius 2 is 1.70 bits per heavy atom. The molecule has 0 aromatic heterocycles. The van der Waals surface area contributed by atoms with E-state index in [0.717, 1.165) is 42.5 Å². The Hall–Kier alpha value is -2.18. The van der Waals surface area contributed by atoms with Crippen LogP contribution in [0.15, 0.2) is 53.4 Å². The molecular formula is C21H27N3O2S. The van der Waals surface area contributed by atoms with Gasteiger partial charge in [0.15, 0.2) is 0 Å². The summed E-state index contributed by atoms with van der Waals surface area (Å²) in [6.07, 6.45) is 0. The van der Waals surface area contributed by atoms with E-state index >= 15 is 0 Å². The fourth-order valence-corrected chi connectivity index (χ4v) is 3.66. The SMILES string of the molecule is CCOc1ccc(SCC(=O)Nc2ccc(N3CCN(C)CC3)cc2)cc1. The van der Waals surface area contributed by atoms with Crippen LogP contribution in [0.5, 0.6) is 5.75 Å². The van der Waals surface area contributed by atoms with Crippen LogP contribution in [0, 0.1) is 0 Å². The molecule has 0 aliphatic carbocycles. The number of piperazine rings is 1. The monoisotopic (exact) mass is 385 g/mol. The van der Waals surface area contributed by atoms with Crippen molar-refractivity contribution in [2.24, 2.45) is 0 Å². The number of likely N-dealkylation sites (N-methyl/N-ethyl adjacent to an activating group) is 1. The highest BCUT2D eigenvalue weighted by Crippen LogP contribution is 2.23. The molecule has 0 spiro atoms. The Kier molecular flexibility index (Phi) is 7.01. The lowest BCUT2D eigenvalue weighted by Crippen LogP contribution is -2.44. The molecule has 2 aromatic carbocycles. The molecule has 1 aliphatic rings. The molecule has 144 valence electrons. The molecule has 0 bridgehead atoms. The number of nitrogens with zero attached hydrogens (tertiary/aromatic N) is 2. The summed E-state index contributed by atoms with van der Waals surface area (Å²) in [4.78, 5) is 18.0. The van der Waals surface area contributed by atoms with Crippen LogP contribution in [0.2, 0.25) is 0 Å². The average Bonchev–Trinajstić information content (AvgIpc) is 2.69. The summed E-state index contributed by atoms with van der Waals surface area (Å²) in [6.45, 7) is 6.87. The molecule has 3 rings (SSSR count). The topological polar surface area (TPSA) is 44.8 Å². The first kappa shape index (κ1) is 19.6. The van der Waals surface area contributed by atoms with Gasteiger partial charge in [-0.15, -0.1) is 11.8 Å². The van der Waals surface area contributed by atoms with Gasteiger partial charge in [0.25, 0.3) is 0 Å². The summed E-state index contributed by atoms with van der Waals surface area (Å²) in [5.74, 6) is 1.24. The lowest BCUT2D eigenvalue weighted by Gasteiger charge is -2.34. The second-order valence-corrected chi connectivity index (χ2v) is 7.63. The van der Waals surface area contributed by atoms with Crippen molar-refractivity contribution < 1.29 is 9.53 Å². The van der Waals surface area contributed by atoms with Crippen molar-refractivity contribution in [3.05, 3.63) is 48.5 Å².